The number of rotatable bonds is 11. The number of ether oxygens (including phenoxy) is 1. The number of likely N-dealkylation sites (N-methyl/N-ethyl adjacent to an activating group) is 1. The first-order chi connectivity index (χ1) is 8.95. The summed E-state index contributed by atoms with van der Waals surface area (Å²) >= 11 is 0. The van der Waals surface area contributed by atoms with Crippen molar-refractivity contribution >= 4 is 0 Å². The number of nitrogens with one attached hydrogen (secondary N) is 1. The second-order valence-corrected chi connectivity index (χ2v) is 6.02. The molecule has 0 saturated heterocycles. The molecule has 0 aromatic heterocycles. The van der Waals surface area contributed by atoms with Crippen molar-refractivity contribution in [3.8, 4) is 0 Å². The standard InChI is InChI=1S/C16H36N2O/c1-8-12-17-15(14(4)11-13-19-7)16(5,6)18(9-2)10-3/h14-15,17H,8-13H2,1-7H3. The molecule has 0 amide bonds. The number of hydrogen-bond donors (Lipinski definition) is 1. The van der Waals surface area contributed by atoms with Gasteiger partial charge in [0.2, 0.25) is 0 Å². The summed E-state index contributed by atoms with van der Waals surface area (Å²) in [5, 5.41) is 3.77. The van der Waals surface area contributed by atoms with Crippen LogP contribution in [0.3, 0.4) is 0 Å². The lowest BCUT2D eigenvalue weighted by molar-refractivity contribution is 0.0585. The van der Waals surface area contributed by atoms with E-state index in [0.717, 1.165) is 32.7 Å². The highest BCUT2D eigenvalue weighted by Gasteiger charge is 2.36. The number of methoxy groups -OCH3 is 1. The fourth-order valence-corrected chi connectivity index (χ4v) is 3.15. The van der Waals surface area contributed by atoms with Crippen molar-refractivity contribution in [3.05, 3.63) is 0 Å². The Balaban J connectivity index is 4.87. The van der Waals surface area contributed by atoms with Crippen LogP contribution in [0, 0.1) is 5.92 Å². The Bertz CT molecular complexity index is 215. The van der Waals surface area contributed by atoms with Gasteiger partial charge in [-0.3, -0.25) is 4.90 Å². The van der Waals surface area contributed by atoms with Crippen molar-refractivity contribution in [2.24, 2.45) is 5.92 Å². The molecule has 2 unspecified atom stereocenters. The van der Waals surface area contributed by atoms with E-state index in [4.69, 9.17) is 4.74 Å². The Hall–Kier alpha value is -0.120. The molecule has 19 heavy (non-hydrogen) atoms. The lowest BCUT2D eigenvalue weighted by Crippen LogP contribution is -2.60. The topological polar surface area (TPSA) is 24.5 Å². The zero-order valence-corrected chi connectivity index (χ0v) is 14.3. The van der Waals surface area contributed by atoms with Gasteiger partial charge in [-0.15, -0.1) is 0 Å². The smallest absolute Gasteiger partial charge is 0.0465 e. The summed E-state index contributed by atoms with van der Waals surface area (Å²) < 4.78 is 5.25. The lowest BCUT2D eigenvalue weighted by Gasteiger charge is -2.46. The summed E-state index contributed by atoms with van der Waals surface area (Å²) in [5.41, 5.74) is 0.172. The van der Waals surface area contributed by atoms with Gasteiger partial charge in [-0.25, -0.2) is 0 Å². The van der Waals surface area contributed by atoms with Crippen LogP contribution in [0.5, 0.6) is 0 Å². The van der Waals surface area contributed by atoms with Gasteiger partial charge in [0, 0.05) is 25.3 Å². The number of nitrogens with zero attached hydrogens (tertiary/aromatic N) is 1. The predicted molar refractivity (Wildman–Crippen MR) is 84.7 cm³/mol. The highest BCUT2D eigenvalue weighted by atomic mass is 16.5. The molecule has 0 heterocycles. The normalized spacial score (nSPS) is 15.8. The van der Waals surface area contributed by atoms with E-state index in [1.165, 1.54) is 6.42 Å². The highest BCUT2D eigenvalue weighted by molar-refractivity contribution is 4.95. The second kappa shape index (κ2) is 9.73. The third kappa shape index (κ3) is 5.80. The predicted octanol–water partition coefficient (Wildman–Crippen LogP) is 3.15. The zero-order valence-electron chi connectivity index (χ0n) is 14.3. The largest absolute Gasteiger partial charge is 0.385 e. The lowest BCUT2D eigenvalue weighted by atomic mass is 9.82. The van der Waals surface area contributed by atoms with Crippen molar-refractivity contribution in [3.63, 3.8) is 0 Å². The van der Waals surface area contributed by atoms with Crippen LogP contribution >= 0.6 is 0 Å². The molecular formula is C16H36N2O. The van der Waals surface area contributed by atoms with E-state index in [1.54, 1.807) is 7.11 Å². The Kier molecular flexibility index (Phi) is 9.67. The Labute approximate surface area is 121 Å². The third-order valence-corrected chi connectivity index (χ3v) is 4.30. The Morgan fingerprint density at radius 1 is 1.16 bits per heavy atom. The molecule has 2 atom stereocenters. The van der Waals surface area contributed by atoms with Crippen LogP contribution in [0.4, 0.5) is 0 Å². The molecular weight excluding hydrogens is 236 g/mol. The minimum absolute atomic E-state index is 0.172. The SMILES string of the molecule is CCCNC(C(C)CCOC)C(C)(C)N(CC)CC. The molecule has 0 aliphatic carbocycles. The van der Waals surface area contributed by atoms with Crippen LogP contribution in [0.25, 0.3) is 0 Å². The van der Waals surface area contributed by atoms with Gasteiger partial charge in [-0.1, -0.05) is 27.7 Å². The van der Waals surface area contributed by atoms with Gasteiger partial charge in [0.05, 0.1) is 0 Å². The fraction of sp³-hybridized carbons (Fsp3) is 1.00. The highest BCUT2D eigenvalue weighted by Crippen LogP contribution is 2.26. The van der Waals surface area contributed by atoms with E-state index in [0.29, 0.717) is 12.0 Å². The first-order valence-electron chi connectivity index (χ1n) is 7.92. The zero-order chi connectivity index (χ0) is 14.9. The summed E-state index contributed by atoms with van der Waals surface area (Å²) in [6.07, 6.45) is 2.30. The monoisotopic (exact) mass is 272 g/mol. The van der Waals surface area contributed by atoms with E-state index in [-0.39, 0.29) is 5.54 Å². The summed E-state index contributed by atoms with van der Waals surface area (Å²) in [6.45, 7) is 18.0. The van der Waals surface area contributed by atoms with Gasteiger partial charge in [-0.05, 0) is 52.2 Å². The van der Waals surface area contributed by atoms with E-state index in [2.05, 4.69) is 51.8 Å². The molecule has 0 aliphatic heterocycles. The molecule has 0 bridgehead atoms. The van der Waals surface area contributed by atoms with Gasteiger partial charge in [0.25, 0.3) is 0 Å². The summed E-state index contributed by atoms with van der Waals surface area (Å²) in [7, 11) is 1.79. The molecule has 0 rings (SSSR count). The van der Waals surface area contributed by atoms with Crippen molar-refractivity contribution in [1.82, 2.24) is 10.2 Å². The Morgan fingerprint density at radius 3 is 2.16 bits per heavy atom. The minimum Gasteiger partial charge on any atom is -0.385 e. The molecule has 0 fully saturated rings. The van der Waals surface area contributed by atoms with Crippen LogP contribution in [-0.4, -0.2) is 49.8 Å². The van der Waals surface area contributed by atoms with Gasteiger partial charge < -0.3 is 10.1 Å². The second-order valence-electron chi connectivity index (χ2n) is 6.02. The van der Waals surface area contributed by atoms with Gasteiger partial charge >= 0.3 is 0 Å². The maximum Gasteiger partial charge on any atom is 0.0465 e. The first-order valence-corrected chi connectivity index (χ1v) is 7.92. The van der Waals surface area contributed by atoms with Crippen LogP contribution in [-0.2, 0) is 4.74 Å². The molecule has 0 aliphatic rings. The van der Waals surface area contributed by atoms with Crippen LogP contribution in [0.15, 0.2) is 0 Å². The van der Waals surface area contributed by atoms with Crippen molar-refractivity contribution in [2.45, 2.75) is 66.0 Å². The van der Waals surface area contributed by atoms with E-state index >= 15 is 0 Å². The number of hydrogen-bond acceptors (Lipinski definition) is 3. The average molecular weight is 272 g/mol. The molecule has 116 valence electrons. The maximum absolute atomic E-state index is 5.25. The van der Waals surface area contributed by atoms with Crippen LogP contribution < -0.4 is 5.32 Å². The van der Waals surface area contributed by atoms with E-state index in [9.17, 15) is 0 Å². The van der Waals surface area contributed by atoms with Crippen LogP contribution in [0.1, 0.15) is 54.4 Å². The molecule has 0 spiro atoms. The molecule has 3 nitrogen and oxygen atoms in total. The van der Waals surface area contributed by atoms with Crippen molar-refractivity contribution < 1.29 is 4.74 Å². The molecule has 0 aromatic carbocycles. The molecule has 0 radical (unpaired) electrons. The quantitative estimate of drug-likeness (QED) is 0.625. The first kappa shape index (κ1) is 18.9. The third-order valence-electron chi connectivity index (χ3n) is 4.30. The maximum atomic E-state index is 5.25. The van der Waals surface area contributed by atoms with Crippen molar-refractivity contribution in [1.29, 1.82) is 0 Å². The minimum atomic E-state index is 0.172. The van der Waals surface area contributed by atoms with Gasteiger partial charge in [0.15, 0.2) is 0 Å². The van der Waals surface area contributed by atoms with Gasteiger partial charge in [-0.2, -0.15) is 0 Å². The summed E-state index contributed by atoms with van der Waals surface area (Å²) in [4.78, 5) is 2.56. The molecule has 0 aromatic rings. The summed E-state index contributed by atoms with van der Waals surface area (Å²) in [5.74, 6) is 0.613. The average Bonchev–Trinajstić information content (AvgIpc) is 2.37. The van der Waals surface area contributed by atoms with Gasteiger partial charge in [0.1, 0.15) is 0 Å². The van der Waals surface area contributed by atoms with E-state index < -0.39 is 0 Å². The summed E-state index contributed by atoms with van der Waals surface area (Å²) in [6, 6.07) is 0.502. The molecule has 3 heteroatoms. The Morgan fingerprint density at radius 2 is 1.74 bits per heavy atom. The molecule has 0 saturated carbocycles. The van der Waals surface area contributed by atoms with Crippen molar-refractivity contribution in [2.75, 3.05) is 33.4 Å². The van der Waals surface area contributed by atoms with E-state index in [1.807, 2.05) is 0 Å². The van der Waals surface area contributed by atoms with Crippen LogP contribution in [0.2, 0.25) is 0 Å². The fourth-order valence-electron chi connectivity index (χ4n) is 3.15. The molecule has 1 N–H and O–H groups in total.